The molecule has 1 aromatic rings. The van der Waals surface area contributed by atoms with Crippen LogP contribution in [0.3, 0.4) is 0 Å². The third-order valence-electron chi connectivity index (χ3n) is 4.04. The van der Waals surface area contributed by atoms with E-state index in [1.165, 1.54) is 24.3 Å². The molecule has 21 heavy (non-hydrogen) atoms. The van der Waals surface area contributed by atoms with Crippen LogP contribution in [0.1, 0.15) is 26.2 Å². The molecule has 2 unspecified atom stereocenters. The van der Waals surface area contributed by atoms with Crippen LogP contribution in [0.5, 0.6) is 0 Å². The molecule has 8 heteroatoms. The molecule has 6 nitrogen and oxygen atoms in total. The van der Waals surface area contributed by atoms with E-state index in [9.17, 15) is 16.8 Å². The highest BCUT2D eigenvalue weighted by Gasteiger charge is 2.25. The quantitative estimate of drug-likeness (QED) is 0.840. The highest BCUT2D eigenvalue weighted by atomic mass is 32.2. The van der Waals surface area contributed by atoms with Crippen LogP contribution in [0.2, 0.25) is 0 Å². The highest BCUT2D eigenvalue weighted by Crippen LogP contribution is 2.30. The molecule has 2 atom stereocenters. The molecule has 0 spiro atoms. The largest absolute Gasteiger partial charge is 0.240 e. The van der Waals surface area contributed by atoms with E-state index in [0.717, 1.165) is 19.3 Å². The van der Waals surface area contributed by atoms with Crippen LogP contribution in [-0.4, -0.2) is 23.4 Å². The summed E-state index contributed by atoms with van der Waals surface area (Å²) < 4.78 is 49.2. The summed E-state index contributed by atoms with van der Waals surface area (Å²) in [6.07, 6.45) is 3.31. The van der Waals surface area contributed by atoms with Gasteiger partial charge in [-0.15, -0.1) is 0 Å². The molecule has 0 amide bonds. The molecule has 0 aromatic heterocycles. The minimum atomic E-state index is -3.81. The maximum atomic E-state index is 12.2. The minimum Gasteiger partial charge on any atom is -0.225 e. The summed E-state index contributed by atoms with van der Waals surface area (Å²) in [7, 11) is -7.43. The van der Waals surface area contributed by atoms with Crippen LogP contribution in [0, 0.1) is 11.8 Å². The molecule has 3 N–H and O–H groups in total. The van der Waals surface area contributed by atoms with Gasteiger partial charge >= 0.3 is 0 Å². The second-order valence-electron chi connectivity index (χ2n) is 5.54. The molecule has 0 aliphatic heterocycles. The number of benzene rings is 1. The molecule has 1 aliphatic carbocycles. The molecular formula is C13H20N2O4S2. The second-order valence-corrected chi connectivity index (χ2v) is 8.86. The van der Waals surface area contributed by atoms with Gasteiger partial charge in [0, 0.05) is 6.54 Å². The zero-order valence-corrected chi connectivity index (χ0v) is 13.5. The Bertz CT molecular complexity index is 696. The fourth-order valence-electron chi connectivity index (χ4n) is 2.63. The average Bonchev–Trinajstić information content (AvgIpc) is 2.81. The molecule has 0 bridgehead atoms. The first kappa shape index (κ1) is 16.4. The average molecular weight is 332 g/mol. The Hall–Kier alpha value is -0.960. The third kappa shape index (κ3) is 4.03. The zero-order valence-electron chi connectivity index (χ0n) is 11.8. The van der Waals surface area contributed by atoms with E-state index in [-0.39, 0.29) is 9.79 Å². The van der Waals surface area contributed by atoms with Crippen molar-refractivity contribution in [3.63, 3.8) is 0 Å². The maximum Gasteiger partial charge on any atom is 0.240 e. The van der Waals surface area contributed by atoms with Gasteiger partial charge in [0.25, 0.3) is 0 Å². The van der Waals surface area contributed by atoms with Crippen molar-refractivity contribution >= 4 is 20.0 Å². The number of hydrogen-bond donors (Lipinski definition) is 2. The lowest BCUT2D eigenvalue weighted by molar-refractivity contribution is 0.414. The first-order chi connectivity index (χ1) is 9.70. The zero-order chi connectivity index (χ0) is 15.7. The van der Waals surface area contributed by atoms with Gasteiger partial charge < -0.3 is 0 Å². The van der Waals surface area contributed by atoms with E-state index in [1.54, 1.807) is 0 Å². The fourth-order valence-corrected chi connectivity index (χ4v) is 4.24. The molecule has 0 heterocycles. The van der Waals surface area contributed by atoms with Crippen LogP contribution in [0.15, 0.2) is 34.1 Å². The standard InChI is InChI=1S/C13H20N2O4S2/c1-10-3-2-4-11(10)9-15-21(18,19)13-7-5-12(6-8-13)20(14,16)17/h5-8,10-11,15H,2-4,9H2,1H3,(H2,14,16,17). The molecule has 118 valence electrons. The molecular weight excluding hydrogens is 312 g/mol. The van der Waals surface area contributed by atoms with Crippen molar-refractivity contribution in [3.8, 4) is 0 Å². The van der Waals surface area contributed by atoms with Crippen molar-refractivity contribution in [3.05, 3.63) is 24.3 Å². The summed E-state index contributed by atoms with van der Waals surface area (Å²) >= 11 is 0. The van der Waals surface area contributed by atoms with Gasteiger partial charge in [-0.2, -0.15) is 0 Å². The van der Waals surface area contributed by atoms with E-state index in [0.29, 0.717) is 18.4 Å². The van der Waals surface area contributed by atoms with E-state index in [2.05, 4.69) is 11.6 Å². The third-order valence-corrected chi connectivity index (χ3v) is 6.41. The summed E-state index contributed by atoms with van der Waals surface area (Å²) in [5.41, 5.74) is 0. The van der Waals surface area contributed by atoms with Crippen molar-refractivity contribution in [1.29, 1.82) is 0 Å². The van der Waals surface area contributed by atoms with Crippen molar-refractivity contribution in [1.82, 2.24) is 4.72 Å². The van der Waals surface area contributed by atoms with E-state index >= 15 is 0 Å². The predicted octanol–water partition coefficient (Wildman–Crippen LogP) is 1.05. The maximum absolute atomic E-state index is 12.2. The summed E-state index contributed by atoms with van der Waals surface area (Å²) in [5, 5.41) is 4.98. The van der Waals surface area contributed by atoms with Gasteiger partial charge in [0.15, 0.2) is 0 Å². The van der Waals surface area contributed by atoms with E-state index < -0.39 is 20.0 Å². The molecule has 1 aliphatic rings. The number of nitrogens with two attached hydrogens (primary N) is 1. The summed E-state index contributed by atoms with van der Waals surface area (Å²) in [4.78, 5) is -0.0635. The molecule has 1 fully saturated rings. The Kier molecular flexibility index (Phi) is 4.72. The Morgan fingerprint density at radius 1 is 1.10 bits per heavy atom. The van der Waals surface area contributed by atoms with Gasteiger partial charge in [0.05, 0.1) is 9.79 Å². The number of primary sulfonamides is 1. The Morgan fingerprint density at radius 3 is 2.14 bits per heavy atom. The number of sulfonamides is 2. The Morgan fingerprint density at radius 2 is 1.67 bits per heavy atom. The summed E-state index contributed by atoms with van der Waals surface area (Å²) in [5.74, 6) is 0.890. The van der Waals surface area contributed by atoms with Crippen LogP contribution >= 0.6 is 0 Å². The topological polar surface area (TPSA) is 106 Å². The smallest absolute Gasteiger partial charge is 0.225 e. The van der Waals surface area contributed by atoms with Crippen molar-refractivity contribution in [2.24, 2.45) is 17.0 Å². The van der Waals surface area contributed by atoms with Crippen molar-refractivity contribution < 1.29 is 16.8 Å². The molecule has 0 saturated heterocycles. The van der Waals surface area contributed by atoms with Gasteiger partial charge in [0.1, 0.15) is 0 Å². The van der Waals surface area contributed by atoms with Gasteiger partial charge in [-0.1, -0.05) is 19.8 Å². The first-order valence-electron chi connectivity index (χ1n) is 6.83. The minimum absolute atomic E-state index is 0.0422. The number of rotatable bonds is 5. The Balaban J connectivity index is 2.09. The second kappa shape index (κ2) is 6.04. The lowest BCUT2D eigenvalue weighted by Crippen LogP contribution is -2.30. The van der Waals surface area contributed by atoms with Gasteiger partial charge in [-0.05, 0) is 42.5 Å². The van der Waals surface area contributed by atoms with E-state index in [1.807, 2.05) is 0 Å². The summed E-state index contributed by atoms with van der Waals surface area (Å²) in [6.45, 7) is 2.55. The first-order valence-corrected chi connectivity index (χ1v) is 9.85. The van der Waals surface area contributed by atoms with E-state index in [4.69, 9.17) is 5.14 Å². The molecule has 2 rings (SSSR count). The molecule has 0 radical (unpaired) electrons. The normalized spacial score (nSPS) is 23.3. The fraction of sp³-hybridized carbons (Fsp3) is 0.538. The van der Waals surface area contributed by atoms with Crippen LogP contribution in [0.25, 0.3) is 0 Å². The summed E-state index contributed by atoms with van der Waals surface area (Å²) in [6, 6.07) is 4.89. The van der Waals surface area contributed by atoms with Crippen molar-refractivity contribution in [2.75, 3.05) is 6.54 Å². The van der Waals surface area contributed by atoms with Crippen molar-refractivity contribution in [2.45, 2.75) is 36.0 Å². The predicted molar refractivity (Wildman–Crippen MR) is 79.5 cm³/mol. The van der Waals surface area contributed by atoms with Crippen LogP contribution < -0.4 is 9.86 Å². The monoisotopic (exact) mass is 332 g/mol. The van der Waals surface area contributed by atoms with Crippen LogP contribution in [-0.2, 0) is 20.0 Å². The van der Waals surface area contributed by atoms with Gasteiger partial charge in [0.2, 0.25) is 20.0 Å². The number of hydrogen-bond acceptors (Lipinski definition) is 4. The number of nitrogens with one attached hydrogen (secondary N) is 1. The Labute approximate surface area is 125 Å². The van der Waals surface area contributed by atoms with Gasteiger partial charge in [-0.25, -0.2) is 26.7 Å². The lowest BCUT2D eigenvalue weighted by atomic mass is 9.99. The SMILES string of the molecule is CC1CCCC1CNS(=O)(=O)c1ccc(S(N)(=O)=O)cc1. The highest BCUT2D eigenvalue weighted by molar-refractivity contribution is 7.89. The van der Waals surface area contributed by atoms with Crippen LogP contribution in [0.4, 0.5) is 0 Å². The lowest BCUT2D eigenvalue weighted by Gasteiger charge is -2.16. The molecule has 1 saturated carbocycles. The van der Waals surface area contributed by atoms with Gasteiger partial charge in [-0.3, -0.25) is 0 Å². The molecule has 1 aromatic carbocycles.